The van der Waals surface area contributed by atoms with E-state index in [2.05, 4.69) is 15.2 Å². The zero-order valence-electron chi connectivity index (χ0n) is 12.7. The maximum Gasteiger partial charge on any atom is 0.356 e. The van der Waals surface area contributed by atoms with Crippen LogP contribution in [0.15, 0.2) is 18.3 Å². The number of urea groups is 1. The van der Waals surface area contributed by atoms with Crippen LogP contribution in [-0.4, -0.2) is 65.6 Å². The van der Waals surface area contributed by atoms with Gasteiger partial charge in [-0.05, 0) is 46.1 Å². The largest absolute Gasteiger partial charge is 0.476 e. The van der Waals surface area contributed by atoms with Gasteiger partial charge in [0.25, 0.3) is 0 Å². The van der Waals surface area contributed by atoms with Crippen LogP contribution >= 0.6 is 0 Å². The molecule has 1 aromatic heterocycles. The highest BCUT2D eigenvalue weighted by atomic mass is 16.4. The standard InChI is InChI=1S/C14H22N4O3/c1-4-18(10-6-9-17(2)3)14(21)16-11-7-5-8-15-12(11)13(19)20/h5,7-8H,4,6,9-10H2,1-3H3,(H,16,21)(H,19,20). The number of pyridine rings is 1. The van der Waals surface area contributed by atoms with Crippen molar-refractivity contribution >= 4 is 17.7 Å². The second kappa shape index (κ2) is 8.21. The van der Waals surface area contributed by atoms with Gasteiger partial charge in [-0.15, -0.1) is 0 Å². The average molecular weight is 294 g/mol. The van der Waals surface area contributed by atoms with Crippen molar-refractivity contribution in [3.05, 3.63) is 24.0 Å². The maximum atomic E-state index is 12.2. The molecule has 0 bridgehead atoms. The average Bonchev–Trinajstić information content (AvgIpc) is 2.43. The van der Waals surface area contributed by atoms with Crippen LogP contribution in [0, 0.1) is 0 Å². The Morgan fingerprint density at radius 1 is 1.33 bits per heavy atom. The van der Waals surface area contributed by atoms with Crippen LogP contribution in [0.2, 0.25) is 0 Å². The normalized spacial score (nSPS) is 10.5. The Morgan fingerprint density at radius 2 is 2.05 bits per heavy atom. The van der Waals surface area contributed by atoms with Crippen molar-refractivity contribution in [3.8, 4) is 0 Å². The predicted octanol–water partition coefficient (Wildman–Crippen LogP) is 1.59. The maximum absolute atomic E-state index is 12.2. The van der Waals surface area contributed by atoms with Crippen molar-refractivity contribution in [1.29, 1.82) is 0 Å². The summed E-state index contributed by atoms with van der Waals surface area (Å²) in [6.07, 6.45) is 2.24. The van der Waals surface area contributed by atoms with Crippen molar-refractivity contribution in [2.45, 2.75) is 13.3 Å². The number of rotatable bonds is 7. The van der Waals surface area contributed by atoms with Crippen molar-refractivity contribution in [3.63, 3.8) is 0 Å². The van der Waals surface area contributed by atoms with Gasteiger partial charge in [-0.1, -0.05) is 0 Å². The van der Waals surface area contributed by atoms with Gasteiger partial charge >= 0.3 is 12.0 Å². The smallest absolute Gasteiger partial charge is 0.356 e. The van der Waals surface area contributed by atoms with Gasteiger partial charge in [0.15, 0.2) is 5.69 Å². The molecule has 1 rings (SSSR count). The van der Waals surface area contributed by atoms with Crippen LogP contribution in [0.4, 0.5) is 10.5 Å². The lowest BCUT2D eigenvalue weighted by atomic mass is 10.3. The van der Waals surface area contributed by atoms with E-state index in [0.717, 1.165) is 13.0 Å². The topological polar surface area (TPSA) is 85.8 Å². The number of hydrogen-bond donors (Lipinski definition) is 2. The van der Waals surface area contributed by atoms with E-state index in [0.29, 0.717) is 13.1 Å². The lowest BCUT2D eigenvalue weighted by Gasteiger charge is -2.22. The summed E-state index contributed by atoms with van der Waals surface area (Å²) in [6, 6.07) is 2.80. The minimum Gasteiger partial charge on any atom is -0.476 e. The molecule has 0 spiro atoms. The monoisotopic (exact) mass is 294 g/mol. The molecule has 0 aliphatic heterocycles. The van der Waals surface area contributed by atoms with Gasteiger partial charge in [0, 0.05) is 19.3 Å². The molecular formula is C14H22N4O3. The molecule has 0 unspecified atom stereocenters. The third kappa shape index (κ3) is 5.39. The van der Waals surface area contributed by atoms with Gasteiger partial charge in [-0.3, -0.25) is 0 Å². The first kappa shape index (κ1) is 16.9. The summed E-state index contributed by atoms with van der Waals surface area (Å²) in [5, 5.41) is 11.7. The molecule has 0 aromatic carbocycles. The molecule has 0 fully saturated rings. The highest BCUT2D eigenvalue weighted by Crippen LogP contribution is 2.13. The molecular weight excluding hydrogens is 272 g/mol. The van der Waals surface area contributed by atoms with E-state index in [-0.39, 0.29) is 17.4 Å². The SMILES string of the molecule is CCN(CCCN(C)C)C(=O)Nc1cccnc1C(=O)O. The third-order valence-electron chi connectivity index (χ3n) is 2.95. The molecule has 0 atom stereocenters. The molecule has 0 saturated carbocycles. The van der Waals surface area contributed by atoms with Gasteiger partial charge in [0.2, 0.25) is 0 Å². The molecule has 0 saturated heterocycles. The van der Waals surface area contributed by atoms with E-state index in [4.69, 9.17) is 5.11 Å². The Morgan fingerprint density at radius 3 is 2.62 bits per heavy atom. The first-order chi connectivity index (χ1) is 9.95. The fraction of sp³-hybridized carbons (Fsp3) is 0.500. The van der Waals surface area contributed by atoms with Gasteiger partial charge < -0.3 is 20.2 Å². The number of nitrogens with one attached hydrogen (secondary N) is 1. The van der Waals surface area contributed by atoms with Gasteiger partial charge in [-0.2, -0.15) is 0 Å². The summed E-state index contributed by atoms with van der Waals surface area (Å²) < 4.78 is 0. The first-order valence-corrected chi connectivity index (χ1v) is 6.84. The molecule has 21 heavy (non-hydrogen) atoms. The molecule has 1 heterocycles. The zero-order chi connectivity index (χ0) is 15.8. The van der Waals surface area contributed by atoms with Gasteiger partial charge in [0.1, 0.15) is 0 Å². The second-order valence-corrected chi connectivity index (χ2v) is 4.87. The van der Waals surface area contributed by atoms with Crippen LogP contribution in [0.25, 0.3) is 0 Å². The number of aromatic nitrogens is 1. The number of carbonyl (C=O) groups excluding carboxylic acids is 1. The van der Waals surface area contributed by atoms with Crippen LogP contribution in [0.1, 0.15) is 23.8 Å². The number of carboxylic acids is 1. The number of hydrogen-bond acceptors (Lipinski definition) is 4. The number of nitrogens with zero attached hydrogens (tertiary/aromatic N) is 3. The van der Waals surface area contributed by atoms with Gasteiger partial charge in [0.05, 0.1) is 5.69 Å². The summed E-state index contributed by atoms with van der Waals surface area (Å²) in [4.78, 5) is 30.7. The number of amides is 2. The number of anilines is 1. The fourth-order valence-electron chi connectivity index (χ4n) is 1.85. The number of aromatic carboxylic acids is 1. The van der Waals surface area contributed by atoms with Crippen molar-refractivity contribution in [1.82, 2.24) is 14.8 Å². The van der Waals surface area contributed by atoms with Gasteiger partial charge in [-0.25, -0.2) is 14.6 Å². The molecule has 2 N–H and O–H groups in total. The summed E-state index contributed by atoms with van der Waals surface area (Å²) in [6.45, 7) is 3.94. The van der Waals surface area contributed by atoms with E-state index < -0.39 is 5.97 Å². The van der Waals surface area contributed by atoms with E-state index in [9.17, 15) is 9.59 Å². The first-order valence-electron chi connectivity index (χ1n) is 6.84. The fourth-order valence-corrected chi connectivity index (χ4v) is 1.85. The molecule has 0 aliphatic rings. The minimum atomic E-state index is -1.17. The summed E-state index contributed by atoms with van der Waals surface area (Å²) >= 11 is 0. The Bertz CT molecular complexity index is 491. The van der Waals surface area contributed by atoms with E-state index in [1.165, 1.54) is 12.3 Å². The summed E-state index contributed by atoms with van der Waals surface area (Å²) in [7, 11) is 3.95. The van der Waals surface area contributed by atoms with Crippen molar-refractivity contribution in [2.75, 3.05) is 39.0 Å². The van der Waals surface area contributed by atoms with E-state index in [1.807, 2.05) is 21.0 Å². The third-order valence-corrected chi connectivity index (χ3v) is 2.95. The summed E-state index contributed by atoms with van der Waals surface area (Å²) in [5.74, 6) is -1.17. The molecule has 2 amide bonds. The Labute approximate surface area is 124 Å². The van der Waals surface area contributed by atoms with Crippen molar-refractivity contribution < 1.29 is 14.7 Å². The van der Waals surface area contributed by atoms with Crippen LogP contribution < -0.4 is 5.32 Å². The molecule has 1 aromatic rings. The number of carboxylic acid groups (broad SMARTS) is 1. The Hall–Kier alpha value is -2.15. The quantitative estimate of drug-likeness (QED) is 0.797. The highest BCUT2D eigenvalue weighted by Gasteiger charge is 2.16. The number of carbonyl (C=O) groups is 2. The predicted molar refractivity (Wildman–Crippen MR) is 80.6 cm³/mol. The molecule has 0 radical (unpaired) electrons. The van der Waals surface area contributed by atoms with Crippen LogP contribution in [0.5, 0.6) is 0 Å². The highest BCUT2D eigenvalue weighted by molar-refractivity contribution is 5.98. The summed E-state index contributed by atoms with van der Waals surface area (Å²) in [5.41, 5.74) is 0.0521. The Kier molecular flexibility index (Phi) is 6.61. The zero-order valence-corrected chi connectivity index (χ0v) is 12.7. The molecule has 0 aliphatic carbocycles. The lowest BCUT2D eigenvalue weighted by Crippen LogP contribution is -2.37. The van der Waals surface area contributed by atoms with Crippen LogP contribution in [-0.2, 0) is 0 Å². The lowest BCUT2D eigenvalue weighted by molar-refractivity contribution is 0.0691. The van der Waals surface area contributed by atoms with Crippen LogP contribution in [0.3, 0.4) is 0 Å². The molecule has 7 heteroatoms. The molecule has 116 valence electrons. The molecule has 7 nitrogen and oxygen atoms in total. The van der Waals surface area contributed by atoms with E-state index >= 15 is 0 Å². The minimum absolute atomic E-state index is 0.157. The second-order valence-electron chi connectivity index (χ2n) is 4.87. The van der Waals surface area contributed by atoms with E-state index in [1.54, 1.807) is 11.0 Å². The van der Waals surface area contributed by atoms with Crippen molar-refractivity contribution in [2.24, 2.45) is 0 Å². The Balaban J connectivity index is 2.68.